The summed E-state index contributed by atoms with van der Waals surface area (Å²) in [4.78, 5) is 26.2. The zero-order valence-electron chi connectivity index (χ0n) is 15.3. The predicted molar refractivity (Wildman–Crippen MR) is 97.0 cm³/mol. The number of benzene rings is 1. The van der Waals surface area contributed by atoms with E-state index in [1.807, 2.05) is 39.0 Å². The van der Waals surface area contributed by atoms with Gasteiger partial charge in [-0.05, 0) is 44.9 Å². The summed E-state index contributed by atoms with van der Waals surface area (Å²) in [5.41, 5.74) is 1.86. The Bertz CT molecular complexity index is 603. The van der Waals surface area contributed by atoms with Crippen LogP contribution >= 0.6 is 0 Å². The average Bonchev–Trinajstić information content (AvgIpc) is 2.59. The minimum absolute atomic E-state index is 0.0496. The molecule has 0 saturated carbocycles. The first kappa shape index (κ1) is 19.2. The van der Waals surface area contributed by atoms with Crippen molar-refractivity contribution in [1.82, 2.24) is 5.32 Å². The number of anilines is 1. The molecule has 0 bridgehead atoms. The van der Waals surface area contributed by atoms with Gasteiger partial charge in [0.15, 0.2) is 0 Å². The molecule has 6 nitrogen and oxygen atoms in total. The number of rotatable bonds is 8. The van der Waals surface area contributed by atoms with Crippen molar-refractivity contribution in [2.45, 2.75) is 46.1 Å². The topological polar surface area (TPSA) is 67.9 Å². The van der Waals surface area contributed by atoms with Crippen molar-refractivity contribution in [1.29, 1.82) is 0 Å². The third-order valence-corrected chi connectivity index (χ3v) is 4.03. The van der Waals surface area contributed by atoms with E-state index in [0.717, 1.165) is 23.4 Å². The summed E-state index contributed by atoms with van der Waals surface area (Å²) >= 11 is 0. The van der Waals surface area contributed by atoms with Gasteiger partial charge in [-0.1, -0.05) is 6.07 Å². The Balaban J connectivity index is 1.85. The molecule has 1 heterocycles. The van der Waals surface area contributed by atoms with Gasteiger partial charge in [-0.15, -0.1) is 0 Å². The summed E-state index contributed by atoms with van der Waals surface area (Å²) in [6, 6.07) is 5.81. The summed E-state index contributed by atoms with van der Waals surface area (Å²) in [6.45, 7) is 8.26. The van der Waals surface area contributed by atoms with Crippen LogP contribution in [0.3, 0.4) is 0 Å². The molecule has 1 aromatic rings. The van der Waals surface area contributed by atoms with Gasteiger partial charge in [0, 0.05) is 32.6 Å². The minimum Gasteiger partial charge on any atom is -0.487 e. The van der Waals surface area contributed by atoms with Gasteiger partial charge in [-0.2, -0.15) is 0 Å². The summed E-state index contributed by atoms with van der Waals surface area (Å²) in [5, 5.41) is 2.82. The van der Waals surface area contributed by atoms with E-state index in [9.17, 15) is 9.59 Å². The largest absolute Gasteiger partial charge is 0.487 e. The van der Waals surface area contributed by atoms with Crippen LogP contribution in [-0.4, -0.2) is 44.2 Å². The number of ether oxygens (including phenoxy) is 2. The number of aryl methyl sites for hydroxylation is 1. The Labute approximate surface area is 149 Å². The highest BCUT2D eigenvalue weighted by atomic mass is 16.5. The predicted octanol–water partition coefficient (Wildman–Crippen LogP) is 2.43. The van der Waals surface area contributed by atoms with Crippen molar-refractivity contribution in [3.63, 3.8) is 0 Å². The molecule has 0 fully saturated rings. The Hall–Kier alpha value is -2.08. The maximum atomic E-state index is 12.6. The third-order valence-electron chi connectivity index (χ3n) is 4.03. The Morgan fingerprint density at radius 3 is 2.92 bits per heavy atom. The molecular weight excluding hydrogens is 320 g/mol. The van der Waals surface area contributed by atoms with Gasteiger partial charge < -0.3 is 19.7 Å². The Kier molecular flexibility index (Phi) is 7.25. The molecule has 0 aromatic heterocycles. The van der Waals surface area contributed by atoms with E-state index in [2.05, 4.69) is 5.32 Å². The lowest BCUT2D eigenvalue weighted by Gasteiger charge is -2.33. The van der Waals surface area contributed by atoms with Crippen LogP contribution in [0.4, 0.5) is 5.69 Å². The number of hydrogen-bond donors (Lipinski definition) is 1. The second-order valence-electron chi connectivity index (χ2n) is 6.30. The van der Waals surface area contributed by atoms with Crippen LogP contribution in [0.5, 0.6) is 5.75 Å². The molecule has 0 saturated heterocycles. The van der Waals surface area contributed by atoms with E-state index in [-0.39, 0.29) is 30.8 Å². The number of carbonyl (C=O) groups excluding carboxylic acids is 2. The summed E-state index contributed by atoms with van der Waals surface area (Å²) in [7, 11) is 0. The molecule has 0 aliphatic carbocycles. The van der Waals surface area contributed by atoms with E-state index in [4.69, 9.17) is 9.47 Å². The van der Waals surface area contributed by atoms with Crippen molar-refractivity contribution in [2.24, 2.45) is 0 Å². The fourth-order valence-electron chi connectivity index (χ4n) is 2.77. The summed E-state index contributed by atoms with van der Waals surface area (Å²) in [6.07, 6.45) is 1.10. The van der Waals surface area contributed by atoms with Crippen LogP contribution in [-0.2, 0) is 14.3 Å². The molecule has 1 aromatic carbocycles. The number of carbonyl (C=O) groups is 2. The van der Waals surface area contributed by atoms with Crippen molar-refractivity contribution in [3.8, 4) is 5.75 Å². The molecule has 0 spiro atoms. The van der Waals surface area contributed by atoms with E-state index < -0.39 is 0 Å². The second kappa shape index (κ2) is 9.42. The molecule has 2 amide bonds. The smallest absolute Gasteiger partial charge is 0.227 e. The van der Waals surface area contributed by atoms with Crippen LogP contribution in [0.15, 0.2) is 18.2 Å². The normalized spacial score (nSPS) is 16.1. The molecular formula is C19H28N2O4. The standard InChI is InChI=1S/C19H28N2O4/c1-4-24-11-5-10-20-18(22)8-9-19(23)21-13-15(3)25-17-7-6-14(2)12-16(17)21/h6-7,12,15H,4-5,8-11,13H2,1-3H3,(H,20,22)/t15-/m1/s1. The lowest BCUT2D eigenvalue weighted by Crippen LogP contribution is -2.42. The zero-order valence-corrected chi connectivity index (χ0v) is 15.3. The quantitative estimate of drug-likeness (QED) is 0.733. The Morgan fingerprint density at radius 1 is 1.36 bits per heavy atom. The second-order valence-corrected chi connectivity index (χ2v) is 6.30. The van der Waals surface area contributed by atoms with E-state index in [0.29, 0.717) is 26.3 Å². The van der Waals surface area contributed by atoms with Crippen molar-refractivity contribution < 1.29 is 19.1 Å². The van der Waals surface area contributed by atoms with Crippen LogP contribution in [0.1, 0.15) is 38.7 Å². The average molecular weight is 348 g/mol. The highest BCUT2D eigenvalue weighted by molar-refractivity contribution is 5.97. The maximum absolute atomic E-state index is 12.6. The van der Waals surface area contributed by atoms with Crippen molar-refractivity contribution in [2.75, 3.05) is 31.2 Å². The molecule has 138 valence electrons. The number of nitrogens with zero attached hydrogens (tertiary/aromatic N) is 1. The van der Waals surface area contributed by atoms with Gasteiger partial charge in [0.25, 0.3) is 0 Å². The van der Waals surface area contributed by atoms with Crippen LogP contribution in [0.2, 0.25) is 0 Å². The fraction of sp³-hybridized carbons (Fsp3) is 0.579. The molecule has 25 heavy (non-hydrogen) atoms. The lowest BCUT2D eigenvalue weighted by atomic mass is 10.1. The van der Waals surface area contributed by atoms with Crippen LogP contribution in [0.25, 0.3) is 0 Å². The summed E-state index contributed by atoms with van der Waals surface area (Å²) < 4.78 is 11.0. The number of hydrogen-bond acceptors (Lipinski definition) is 4. The zero-order chi connectivity index (χ0) is 18.2. The summed E-state index contributed by atoms with van der Waals surface area (Å²) in [5.74, 6) is 0.570. The highest BCUT2D eigenvalue weighted by Gasteiger charge is 2.27. The highest BCUT2D eigenvalue weighted by Crippen LogP contribution is 2.34. The first-order valence-electron chi connectivity index (χ1n) is 8.93. The number of amides is 2. The van der Waals surface area contributed by atoms with Crippen molar-refractivity contribution >= 4 is 17.5 Å². The molecule has 0 unspecified atom stereocenters. The third kappa shape index (κ3) is 5.74. The SMILES string of the molecule is CCOCCCNC(=O)CCC(=O)N1C[C@@H](C)Oc2ccc(C)cc21. The lowest BCUT2D eigenvalue weighted by molar-refractivity contribution is -0.125. The van der Waals surface area contributed by atoms with Gasteiger partial charge in [0.05, 0.1) is 12.2 Å². The molecule has 6 heteroatoms. The van der Waals surface area contributed by atoms with E-state index in [1.165, 1.54) is 0 Å². The first-order chi connectivity index (χ1) is 12.0. The molecule has 0 radical (unpaired) electrons. The number of nitrogens with one attached hydrogen (secondary N) is 1. The molecule has 1 aliphatic rings. The van der Waals surface area contributed by atoms with Crippen molar-refractivity contribution in [3.05, 3.63) is 23.8 Å². The van der Waals surface area contributed by atoms with E-state index in [1.54, 1.807) is 4.90 Å². The number of fused-ring (bicyclic) bond motifs is 1. The molecule has 1 N–H and O–H groups in total. The van der Waals surface area contributed by atoms with Gasteiger partial charge in [-0.25, -0.2) is 0 Å². The molecule has 1 aliphatic heterocycles. The van der Waals surface area contributed by atoms with Gasteiger partial charge >= 0.3 is 0 Å². The van der Waals surface area contributed by atoms with Gasteiger partial charge in [-0.3, -0.25) is 9.59 Å². The van der Waals surface area contributed by atoms with Gasteiger partial charge in [0.1, 0.15) is 11.9 Å². The van der Waals surface area contributed by atoms with Crippen LogP contribution < -0.4 is 15.0 Å². The first-order valence-corrected chi connectivity index (χ1v) is 8.93. The van der Waals surface area contributed by atoms with E-state index >= 15 is 0 Å². The fourth-order valence-corrected chi connectivity index (χ4v) is 2.77. The van der Waals surface area contributed by atoms with Gasteiger partial charge in [0.2, 0.25) is 11.8 Å². The Morgan fingerprint density at radius 2 is 2.16 bits per heavy atom. The maximum Gasteiger partial charge on any atom is 0.227 e. The molecule has 1 atom stereocenters. The van der Waals surface area contributed by atoms with Crippen LogP contribution in [0, 0.1) is 6.92 Å². The molecule has 2 rings (SSSR count). The monoisotopic (exact) mass is 348 g/mol. The minimum atomic E-state index is -0.101.